The van der Waals surface area contributed by atoms with E-state index in [-0.39, 0.29) is 51.8 Å². The van der Waals surface area contributed by atoms with E-state index in [0.29, 0.717) is 5.02 Å². The van der Waals surface area contributed by atoms with Gasteiger partial charge in [-0.05, 0) is 86.3 Å². The molecule has 0 spiro atoms. The molecule has 37 heavy (non-hydrogen) atoms. The van der Waals surface area contributed by atoms with Crippen LogP contribution in [0.2, 0.25) is 10.0 Å². The van der Waals surface area contributed by atoms with Crippen molar-refractivity contribution in [2.75, 3.05) is 7.11 Å². The third kappa shape index (κ3) is 5.35. The molecule has 0 atom stereocenters. The second-order valence-corrected chi connectivity index (χ2v) is 13.6. The predicted molar refractivity (Wildman–Crippen MR) is 137 cm³/mol. The minimum Gasteiger partial charge on any atom is -0.495 e. The fourth-order valence-electron chi connectivity index (χ4n) is 4.71. The van der Waals surface area contributed by atoms with Gasteiger partial charge in [0.2, 0.25) is 10.0 Å². The van der Waals surface area contributed by atoms with Crippen LogP contribution in [-0.2, 0) is 24.6 Å². The lowest BCUT2D eigenvalue weighted by Gasteiger charge is -2.40. The third-order valence-electron chi connectivity index (χ3n) is 6.59. The van der Waals surface area contributed by atoms with Crippen molar-refractivity contribution in [2.24, 2.45) is 0 Å². The van der Waals surface area contributed by atoms with Gasteiger partial charge in [0.1, 0.15) is 27.0 Å². The quantitative estimate of drug-likeness (QED) is 0.372. The standard InChI is InChI=1S/C25H23Cl2F2NO5S2/c1-35-23-9-4-17(27)14-24(23)37(33,34)30-19-10-12-25(13-11-19,21-15-18(28)5-8-22(21)29)36(31,32)20-6-2-16(26)3-7-20/h2-9,14-15,19,30H,10-13H2,1H3. The predicted octanol–water partition coefficient (Wildman–Crippen LogP) is 5.87. The molecule has 0 saturated heterocycles. The van der Waals surface area contributed by atoms with Crippen LogP contribution in [-0.4, -0.2) is 30.0 Å². The van der Waals surface area contributed by atoms with Gasteiger partial charge < -0.3 is 4.74 Å². The topological polar surface area (TPSA) is 89.5 Å². The molecule has 0 bridgehead atoms. The maximum Gasteiger partial charge on any atom is 0.244 e. The van der Waals surface area contributed by atoms with E-state index in [1.807, 2.05) is 0 Å². The Labute approximate surface area is 224 Å². The highest BCUT2D eigenvalue weighted by atomic mass is 35.5. The summed E-state index contributed by atoms with van der Waals surface area (Å²) in [5.74, 6) is -1.55. The van der Waals surface area contributed by atoms with E-state index < -0.39 is 42.3 Å². The van der Waals surface area contributed by atoms with Crippen LogP contribution in [0.5, 0.6) is 5.75 Å². The smallest absolute Gasteiger partial charge is 0.244 e. The molecule has 4 rings (SSSR count). The van der Waals surface area contributed by atoms with Crippen molar-refractivity contribution in [1.82, 2.24) is 4.72 Å². The molecule has 12 heteroatoms. The number of ether oxygens (including phenoxy) is 1. The first-order valence-electron chi connectivity index (χ1n) is 11.2. The van der Waals surface area contributed by atoms with Crippen molar-refractivity contribution < 1.29 is 30.4 Å². The molecule has 0 unspecified atom stereocenters. The van der Waals surface area contributed by atoms with E-state index in [1.54, 1.807) is 0 Å². The number of nitrogens with one attached hydrogen (secondary N) is 1. The molecule has 1 aliphatic rings. The van der Waals surface area contributed by atoms with Crippen LogP contribution in [0.1, 0.15) is 31.2 Å². The third-order valence-corrected chi connectivity index (χ3v) is 11.2. The number of hydrogen-bond acceptors (Lipinski definition) is 5. The van der Waals surface area contributed by atoms with Gasteiger partial charge in [-0.15, -0.1) is 0 Å². The van der Waals surface area contributed by atoms with E-state index in [9.17, 15) is 21.2 Å². The van der Waals surface area contributed by atoms with Gasteiger partial charge in [-0.2, -0.15) is 0 Å². The summed E-state index contributed by atoms with van der Waals surface area (Å²) in [6.07, 6.45) is -0.216. The van der Waals surface area contributed by atoms with Gasteiger partial charge in [0, 0.05) is 21.7 Å². The van der Waals surface area contributed by atoms with E-state index >= 15 is 4.39 Å². The molecule has 3 aromatic carbocycles. The average molecular weight is 590 g/mol. The first-order valence-corrected chi connectivity index (χ1v) is 14.9. The van der Waals surface area contributed by atoms with Crippen molar-refractivity contribution in [2.45, 2.75) is 46.3 Å². The summed E-state index contributed by atoms with van der Waals surface area (Å²) in [7, 11) is -7.01. The molecule has 0 aliphatic heterocycles. The molecule has 1 saturated carbocycles. The SMILES string of the molecule is COc1ccc(Cl)cc1S(=O)(=O)NC1CCC(c2cc(F)ccc2F)(S(=O)(=O)c2ccc(Cl)cc2)CC1. The van der Waals surface area contributed by atoms with Crippen molar-refractivity contribution in [1.29, 1.82) is 0 Å². The Balaban J connectivity index is 1.70. The summed E-state index contributed by atoms with van der Waals surface area (Å²) in [4.78, 5) is -0.257. The van der Waals surface area contributed by atoms with E-state index in [4.69, 9.17) is 27.9 Å². The summed E-state index contributed by atoms with van der Waals surface area (Å²) >= 11 is 11.9. The van der Waals surface area contributed by atoms with Gasteiger partial charge in [-0.1, -0.05) is 23.2 Å². The van der Waals surface area contributed by atoms with Gasteiger partial charge in [0.25, 0.3) is 0 Å². The fourth-order valence-corrected chi connectivity index (χ4v) is 8.74. The van der Waals surface area contributed by atoms with E-state index in [1.165, 1.54) is 49.6 Å². The summed E-state index contributed by atoms with van der Waals surface area (Å²) < 4.78 is 89.2. The first-order chi connectivity index (χ1) is 17.4. The summed E-state index contributed by atoms with van der Waals surface area (Å²) in [5, 5.41) is 0.513. The maximum atomic E-state index is 15.0. The Bertz CT molecular complexity index is 1520. The summed E-state index contributed by atoms with van der Waals surface area (Å²) in [6.45, 7) is 0. The van der Waals surface area contributed by atoms with Crippen LogP contribution in [0.25, 0.3) is 0 Å². The van der Waals surface area contributed by atoms with E-state index in [0.717, 1.165) is 18.2 Å². The average Bonchev–Trinajstić information content (AvgIpc) is 2.86. The molecule has 1 aliphatic carbocycles. The van der Waals surface area contributed by atoms with Gasteiger partial charge in [-0.25, -0.2) is 30.3 Å². The minimum atomic E-state index is -4.25. The highest BCUT2D eigenvalue weighted by molar-refractivity contribution is 7.92. The molecule has 0 radical (unpaired) electrons. The number of halogens is 4. The molecule has 0 amide bonds. The number of methoxy groups -OCH3 is 1. The van der Waals surface area contributed by atoms with Gasteiger partial charge in [-0.3, -0.25) is 0 Å². The lowest BCUT2D eigenvalue weighted by Crippen LogP contribution is -2.46. The maximum absolute atomic E-state index is 15.0. The van der Waals surface area contributed by atoms with Gasteiger partial charge >= 0.3 is 0 Å². The van der Waals surface area contributed by atoms with Crippen molar-refractivity contribution in [3.8, 4) is 5.75 Å². The van der Waals surface area contributed by atoms with Crippen molar-refractivity contribution in [3.05, 3.63) is 87.9 Å². The number of benzene rings is 3. The lowest BCUT2D eigenvalue weighted by molar-refractivity contribution is 0.323. The van der Waals surface area contributed by atoms with Gasteiger partial charge in [0.15, 0.2) is 9.84 Å². The van der Waals surface area contributed by atoms with Crippen LogP contribution in [0, 0.1) is 11.6 Å². The number of sulfonamides is 1. The van der Waals surface area contributed by atoms with Crippen LogP contribution in [0.3, 0.4) is 0 Å². The molecule has 0 heterocycles. The second-order valence-electron chi connectivity index (χ2n) is 8.77. The molecule has 1 N–H and O–H groups in total. The van der Waals surface area contributed by atoms with Crippen molar-refractivity contribution >= 4 is 43.1 Å². The zero-order valence-corrected chi connectivity index (χ0v) is 22.7. The number of rotatable bonds is 7. The molecule has 3 aromatic rings. The number of hydrogen-bond donors (Lipinski definition) is 1. The summed E-state index contributed by atoms with van der Waals surface area (Å²) in [5.41, 5.74) is -0.291. The monoisotopic (exact) mass is 589 g/mol. The lowest BCUT2D eigenvalue weighted by atomic mass is 9.80. The van der Waals surface area contributed by atoms with Crippen LogP contribution in [0.4, 0.5) is 8.78 Å². The molecule has 1 fully saturated rings. The zero-order valence-electron chi connectivity index (χ0n) is 19.5. The summed E-state index contributed by atoms with van der Waals surface area (Å²) in [6, 6.07) is 11.6. The van der Waals surface area contributed by atoms with Crippen LogP contribution >= 0.6 is 23.2 Å². The van der Waals surface area contributed by atoms with Crippen LogP contribution in [0.15, 0.2) is 70.5 Å². The fraction of sp³-hybridized carbons (Fsp3) is 0.280. The second kappa shape index (κ2) is 10.5. The Morgan fingerprint density at radius 1 is 0.892 bits per heavy atom. The first kappa shape index (κ1) is 27.8. The molecular weight excluding hydrogens is 567 g/mol. The van der Waals surface area contributed by atoms with Gasteiger partial charge in [0.05, 0.1) is 12.0 Å². The zero-order chi connectivity index (χ0) is 27.0. The van der Waals surface area contributed by atoms with E-state index in [2.05, 4.69) is 4.72 Å². The Hall–Kier alpha value is -2.24. The molecule has 6 nitrogen and oxygen atoms in total. The normalized spacial score (nSPS) is 20.5. The Morgan fingerprint density at radius 2 is 1.51 bits per heavy atom. The molecule has 198 valence electrons. The molecule has 0 aromatic heterocycles. The Kier molecular flexibility index (Phi) is 7.88. The number of sulfone groups is 1. The highest BCUT2D eigenvalue weighted by Gasteiger charge is 2.50. The Morgan fingerprint density at radius 3 is 2.14 bits per heavy atom. The highest BCUT2D eigenvalue weighted by Crippen LogP contribution is 2.48. The minimum absolute atomic E-state index is 0.0465. The van der Waals surface area contributed by atoms with Crippen LogP contribution < -0.4 is 9.46 Å². The molecular formula is C25H23Cl2F2NO5S2. The largest absolute Gasteiger partial charge is 0.495 e. The van der Waals surface area contributed by atoms with Crippen molar-refractivity contribution in [3.63, 3.8) is 0 Å².